The van der Waals surface area contributed by atoms with E-state index < -0.39 is 11.7 Å². The first-order valence-corrected chi connectivity index (χ1v) is 10.3. The van der Waals surface area contributed by atoms with Gasteiger partial charge in [-0.15, -0.1) is 0 Å². The smallest absolute Gasteiger partial charge is 0.274 e. The Morgan fingerprint density at radius 2 is 1.83 bits per heavy atom. The minimum Gasteiger partial charge on any atom is -0.346 e. The molecule has 0 unspecified atom stereocenters. The van der Waals surface area contributed by atoms with E-state index in [0.717, 1.165) is 25.7 Å². The van der Waals surface area contributed by atoms with Gasteiger partial charge in [-0.2, -0.15) is 5.10 Å². The Labute approximate surface area is 178 Å². The molecule has 2 heterocycles. The molecule has 0 radical (unpaired) electrons. The Balaban J connectivity index is 1.58. The molecule has 0 bridgehead atoms. The summed E-state index contributed by atoms with van der Waals surface area (Å²) in [6.07, 6.45) is 2.37. The average molecular weight is 429 g/mol. The average Bonchev–Trinajstić information content (AvgIpc) is 3.26. The normalized spacial score (nSPS) is 14.3. The molecule has 4 rings (SSSR count). The predicted octanol–water partition coefficient (Wildman–Crippen LogP) is 3.21. The van der Waals surface area contributed by atoms with Crippen LogP contribution in [0.15, 0.2) is 47.3 Å². The first-order chi connectivity index (χ1) is 14.5. The van der Waals surface area contributed by atoms with Gasteiger partial charge in [-0.1, -0.05) is 29.8 Å². The van der Waals surface area contributed by atoms with Gasteiger partial charge in [-0.3, -0.25) is 9.59 Å². The van der Waals surface area contributed by atoms with Crippen molar-refractivity contribution >= 4 is 28.3 Å². The number of nitrogens with zero attached hydrogens (tertiary/aromatic N) is 3. The highest BCUT2D eigenvalue weighted by Crippen LogP contribution is 2.18. The molecule has 0 atom stereocenters. The third-order valence-corrected chi connectivity index (χ3v) is 5.68. The second kappa shape index (κ2) is 8.93. The van der Waals surface area contributed by atoms with E-state index in [-0.39, 0.29) is 22.7 Å². The highest BCUT2D eigenvalue weighted by Gasteiger charge is 2.16. The van der Waals surface area contributed by atoms with Gasteiger partial charge in [0.1, 0.15) is 5.82 Å². The number of carbonyl (C=O) groups is 1. The molecule has 1 amide bonds. The molecule has 3 aromatic rings. The van der Waals surface area contributed by atoms with Crippen LogP contribution in [0.2, 0.25) is 5.02 Å². The number of hydrogen-bond acceptors (Lipinski definition) is 4. The minimum atomic E-state index is -0.505. The fourth-order valence-electron chi connectivity index (χ4n) is 3.76. The number of likely N-dealkylation sites (tertiary alicyclic amines) is 1. The number of halogens is 2. The number of nitrogens with one attached hydrogen (secondary N) is 1. The molecule has 1 N–H and O–H groups in total. The van der Waals surface area contributed by atoms with Crippen molar-refractivity contribution in [1.82, 2.24) is 20.0 Å². The highest BCUT2D eigenvalue weighted by molar-refractivity contribution is 6.33. The van der Waals surface area contributed by atoms with E-state index >= 15 is 0 Å². The van der Waals surface area contributed by atoms with Gasteiger partial charge < -0.3 is 10.2 Å². The Morgan fingerprint density at radius 3 is 2.57 bits per heavy atom. The maximum Gasteiger partial charge on any atom is 0.274 e. The molecular formula is C22H22ClFN4O2. The summed E-state index contributed by atoms with van der Waals surface area (Å²) >= 11 is 5.98. The fraction of sp³-hybridized carbons (Fsp3) is 0.318. The lowest BCUT2D eigenvalue weighted by Crippen LogP contribution is -2.32. The van der Waals surface area contributed by atoms with Crippen molar-refractivity contribution in [3.05, 3.63) is 74.9 Å². The minimum absolute atomic E-state index is 0.0425. The number of fused-ring (bicyclic) bond motifs is 1. The quantitative estimate of drug-likeness (QED) is 0.654. The van der Waals surface area contributed by atoms with Crippen LogP contribution >= 0.6 is 11.6 Å². The highest BCUT2D eigenvalue weighted by atomic mass is 35.5. The molecule has 156 valence electrons. The summed E-state index contributed by atoms with van der Waals surface area (Å²) in [6, 6.07) is 10.9. The predicted molar refractivity (Wildman–Crippen MR) is 114 cm³/mol. The molecule has 1 saturated heterocycles. The van der Waals surface area contributed by atoms with Crippen molar-refractivity contribution in [1.29, 1.82) is 0 Å². The van der Waals surface area contributed by atoms with Crippen molar-refractivity contribution in [3.8, 4) is 0 Å². The van der Waals surface area contributed by atoms with E-state index in [2.05, 4.69) is 15.3 Å². The van der Waals surface area contributed by atoms with Crippen LogP contribution < -0.4 is 10.9 Å². The van der Waals surface area contributed by atoms with Crippen molar-refractivity contribution in [3.63, 3.8) is 0 Å². The molecule has 1 fully saturated rings. The maximum atomic E-state index is 13.2. The summed E-state index contributed by atoms with van der Waals surface area (Å²) in [5, 5.41) is 8.62. The summed E-state index contributed by atoms with van der Waals surface area (Å²) in [5.74, 6) is -0.935. The fourth-order valence-corrected chi connectivity index (χ4v) is 4.02. The van der Waals surface area contributed by atoms with Crippen LogP contribution in [-0.4, -0.2) is 40.2 Å². The third kappa shape index (κ3) is 4.37. The van der Waals surface area contributed by atoms with Crippen LogP contribution in [0.1, 0.15) is 28.9 Å². The van der Waals surface area contributed by atoms with Crippen molar-refractivity contribution in [2.45, 2.75) is 25.9 Å². The zero-order valence-corrected chi connectivity index (χ0v) is 17.2. The number of rotatable bonds is 6. The topological polar surface area (TPSA) is 67.2 Å². The first kappa shape index (κ1) is 20.5. The molecule has 0 aliphatic carbocycles. The summed E-state index contributed by atoms with van der Waals surface area (Å²) in [7, 11) is 0. The molecular weight excluding hydrogens is 407 g/mol. The van der Waals surface area contributed by atoms with Gasteiger partial charge in [-0.25, -0.2) is 9.07 Å². The molecule has 30 heavy (non-hydrogen) atoms. The second-order valence-electron chi connectivity index (χ2n) is 7.38. The van der Waals surface area contributed by atoms with Crippen LogP contribution in [0.25, 0.3) is 10.8 Å². The van der Waals surface area contributed by atoms with E-state index in [1.165, 1.54) is 29.7 Å². The summed E-state index contributed by atoms with van der Waals surface area (Å²) in [5.41, 5.74) is 0.643. The zero-order valence-electron chi connectivity index (χ0n) is 16.4. The van der Waals surface area contributed by atoms with E-state index in [9.17, 15) is 14.0 Å². The Hall–Kier alpha value is -2.77. The van der Waals surface area contributed by atoms with Gasteiger partial charge in [0, 0.05) is 11.9 Å². The van der Waals surface area contributed by atoms with Crippen LogP contribution in [0.5, 0.6) is 0 Å². The number of amides is 1. The van der Waals surface area contributed by atoms with Gasteiger partial charge in [0.2, 0.25) is 0 Å². The van der Waals surface area contributed by atoms with Crippen LogP contribution in [-0.2, 0) is 13.1 Å². The second-order valence-corrected chi connectivity index (χ2v) is 7.78. The van der Waals surface area contributed by atoms with Gasteiger partial charge in [0.25, 0.3) is 11.5 Å². The molecule has 1 aromatic heterocycles. The standard InChI is InChI=1S/C22H22ClFN4O2/c23-19-13-15(24)7-8-18(19)21(29)25-14-20-16-5-1-2-6-17(16)22(30)28(26-20)12-11-27-9-3-4-10-27/h1-2,5-8,13H,3-4,9-12,14H2,(H,25,29). The molecule has 2 aromatic carbocycles. The van der Waals surface area contributed by atoms with Gasteiger partial charge in [-0.05, 0) is 50.2 Å². The summed E-state index contributed by atoms with van der Waals surface area (Å²) < 4.78 is 14.7. The Morgan fingerprint density at radius 1 is 1.10 bits per heavy atom. The lowest BCUT2D eigenvalue weighted by atomic mass is 10.1. The monoisotopic (exact) mass is 428 g/mol. The Bertz CT molecular complexity index is 1140. The van der Waals surface area contributed by atoms with E-state index in [0.29, 0.717) is 23.0 Å². The largest absolute Gasteiger partial charge is 0.346 e. The molecule has 6 nitrogen and oxygen atoms in total. The number of aromatic nitrogens is 2. The molecule has 1 aliphatic heterocycles. The number of benzene rings is 2. The van der Waals surface area contributed by atoms with Crippen molar-refractivity contribution < 1.29 is 9.18 Å². The van der Waals surface area contributed by atoms with E-state index in [1.807, 2.05) is 18.2 Å². The SMILES string of the molecule is O=C(NCc1nn(CCN2CCCC2)c(=O)c2ccccc12)c1ccc(F)cc1Cl. The van der Waals surface area contributed by atoms with Crippen molar-refractivity contribution in [2.75, 3.05) is 19.6 Å². The number of carbonyl (C=O) groups excluding carboxylic acids is 1. The lowest BCUT2D eigenvalue weighted by molar-refractivity contribution is 0.0950. The molecule has 0 spiro atoms. The van der Waals surface area contributed by atoms with Crippen molar-refractivity contribution in [2.24, 2.45) is 0 Å². The van der Waals surface area contributed by atoms with Gasteiger partial charge in [0.15, 0.2) is 0 Å². The number of hydrogen-bond donors (Lipinski definition) is 1. The van der Waals surface area contributed by atoms with E-state index in [4.69, 9.17) is 11.6 Å². The molecule has 8 heteroatoms. The van der Waals surface area contributed by atoms with Crippen LogP contribution in [0.3, 0.4) is 0 Å². The summed E-state index contributed by atoms with van der Waals surface area (Å²) in [4.78, 5) is 27.7. The van der Waals surface area contributed by atoms with Gasteiger partial charge in [0.05, 0.1) is 34.8 Å². The molecule has 1 aliphatic rings. The van der Waals surface area contributed by atoms with Crippen LogP contribution in [0.4, 0.5) is 4.39 Å². The van der Waals surface area contributed by atoms with Gasteiger partial charge >= 0.3 is 0 Å². The Kier molecular flexibility index (Phi) is 6.11. The third-order valence-electron chi connectivity index (χ3n) is 5.36. The lowest BCUT2D eigenvalue weighted by Gasteiger charge is -2.16. The maximum absolute atomic E-state index is 13.2. The van der Waals surface area contributed by atoms with E-state index in [1.54, 1.807) is 6.07 Å². The molecule has 0 saturated carbocycles. The first-order valence-electron chi connectivity index (χ1n) is 9.97. The zero-order chi connectivity index (χ0) is 21.1. The summed E-state index contributed by atoms with van der Waals surface area (Å²) in [6.45, 7) is 3.47. The van der Waals surface area contributed by atoms with Crippen LogP contribution in [0, 0.1) is 5.82 Å².